The van der Waals surface area contributed by atoms with E-state index < -0.39 is 0 Å². The molecule has 0 fully saturated rings. The van der Waals surface area contributed by atoms with Crippen molar-refractivity contribution in [2.45, 2.75) is 33.1 Å². The SMILES string of the molecule is CNCCC(C)(C)CCc1ccc(Cl)c(Cl)c1. The Morgan fingerprint density at radius 1 is 1.12 bits per heavy atom. The lowest BCUT2D eigenvalue weighted by atomic mass is 9.83. The van der Waals surface area contributed by atoms with Gasteiger partial charge in [0.15, 0.2) is 0 Å². The fraction of sp³-hybridized carbons (Fsp3) is 0.571. The van der Waals surface area contributed by atoms with Crippen LogP contribution in [0.15, 0.2) is 18.2 Å². The first-order valence-electron chi connectivity index (χ1n) is 6.03. The Morgan fingerprint density at radius 2 is 1.82 bits per heavy atom. The van der Waals surface area contributed by atoms with Crippen LogP contribution in [0.3, 0.4) is 0 Å². The predicted molar refractivity (Wildman–Crippen MR) is 77.1 cm³/mol. The van der Waals surface area contributed by atoms with Crippen LogP contribution in [0.1, 0.15) is 32.3 Å². The maximum atomic E-state index is 6.01. The van der Waals surface area contributed by atoms with Crippen LogP contribution in [0.25, 0.3) is 0 Å². The molecule has 0 saturated heterocycles. The van der Waals surface area contributed by atoms with Gasteiger partial charge in [-0.1, -0.05) is 43.1 Å². The molecule has 0 amide bonds. The lowest BCUT2D eigenvalue weighted by Crippen LogP contribution is -2.20. The molecule has 0 aliphatic carbocycles. The van der Waals surface area contributed by atoms with Crippen molar-refractivity contribution in [1.29, 1.82) is 0 Å². The third kappa shape index (κ3) is 5.29. The van der Waals surface area contributed by atoms with Gasteiger partial charge in [0.1, 0.15) is 0 Å². The zero-order valence-corrected chi connectivity index (χ0v) is 12.3. The van der Waals surface area contributed by atoms with E-state index in [-0.39, 0.29) is 0 Å². The van der Waals surface area contributed by atoms with Crippen molar-refractivity contribution in [3.8, 4) is 0 Å². The van der Waals surface area contributed by atoms with Crippen molar-refractivity contribution in [3.63, 3.8) is 0 Å². The molecule has 0 unspecified atom stereocenters. The highest BCUT2D eigenvalue weighted by Crippen LogP contribution is 2.28. The maximum absolute atomic E-state index is 6.01. The largest absolute Gasteiger partial charge is 0.320 e. The average Bonchev–Trinajstić information content (AvgIpc) is 2.28. The Kier molecular flexibility index (Phi) is 5.78. The third-order valence-corrected chi connectivity index (χ3v) is 3.87. The lowest BCUT2D eigenvalue weighted by molar-refractivity contribution is 0.305. The van der Waals surface area contributed by atoms with E-state index >= 15 is 0 Å². The number of halogens is 2. The number of rotatable bonds is 6. The van der Waals surface area contributed by atoms with Crippen LogP contribution in [0.2, 0.25) is 10.0 Å². The molecule has 0 aliphatic heterocycles. The third-order valence-electron chi connectivity index (χ3n) is 3.13. The van der Waals surface area contributed by atoms with E-state index in [1.165, 1.54) is 12.0 Å². The molecular formula is C14H21Cl2N. The predicted octanol–water partition coefficient (Wildman–Crippen LogP) is 4.56. The topological polar surface area (TPSA) is 12.0 Å². The number of nitrogens with one attached hydrogen (secondary N) is 1. The van der Waals surface area contributed by atoms with Crippen molar-refractivity contribution < 1.29 is 0 Å². The van der Waals surface area contributed by atoms with E-state index in [1.54, 1.807) is 0 Å². The van der Waals surface area contributed by atoms with Crippen LogP contribution < -0.4 is 5.32 Å². The minimum absolute atomic E-state index is 0.356. The minimum atomic E-state index is 0.356. The Morgan fingerprint density at radius 3 is 2.41 bits per heavy atom. The van der Waals surface area contributed by atoms with Gasteiger partial charge in [-0.15, -0.1) is 0 Å². The van der Waals surface area contributed by atoms with Crippen molar-refractivity contribution in [1.82, 2.24) is 5.32 Å². The average molecular weight is 274 g/mol. The van der Waals surface area contributed by atoms with Crippen molar-refractivity contribution in [3.05, 3.63) is 33.8 Å². The molecule has 0 heterocycles. The van der Waals surface area contributed by atoms with E-state index in [1.807, 2.05) is 19.2 Å². The summed E-state index contributed by atoms with van der Waals surface area (Å²) in [6.07, 6.45) is 3.39. The molecule has 1 aromatic rings. The molecule has 96 valence electrons. The molecular weight excluding hydrogens is 253 g/mol. The van der Waals surface area contributed by atoms with Gasteiger partial charge in [0.25, 0.3) is 0 Å². The first kappa shape index (κ1) is 14.8. The summed E-state index contributed by atoms with van der Waals surface area (Å²) in [6, 6.07) is 5.90. The van der Waals surface area contributed by atoms with Crippen molar-refractivity contribution in [2.75, 3.05) is 13.6 Å². The zero-order valence-electron chi connectivity index (χ0n) is 10.8. The molecule has 1 N–H and O–H groups in total. The van der Waals surface area contributed by atoms with E-state index in [2.05, 4.69) is 25.2 Å². The first-order valence-corrected chi connectivity index (χ1v) is 6.79. The van der Waals surface area contributed by atoms with E-state index in [9.17, 15) is 0 Å². The van der Waals surface area contributed by atoms with Gasteiger partial charge in [0.2, 0.25) is 0 Å². The fourth-order valence-electron chi connectivity index (χ4n) is 1.77. The van der Waals surface area contributed by atoms with Crippen LogP contribution >= 0.6 is 23.2 Å². The maximum Gasteiger partial charge on any atom is 0.0595 e. The summed E-state index contributed by atoms with van der Waals surface area (Å²) < 4.78 is 0. The van der Waals surface area contributed by atoms with Gasteiger partial charge in [-0.25, -0.2) is 0 Å². The van der Waals surface area contributed by atoms with Crippen LogP contribution in [0.5, 0.6) is 0 Å². The Bertz CT molecular complexity index is 361. The number of benzene rings is 1. The molecule has 0 saturated carbocycles. The Hall–Kier alpha value is -0.240. The molecule has 0 aliphatic rings. The van der Waals surface area contributed by atoms with E-state index in [0.29, 0.717) is 15.5 Å². The zero-order chi connectivity index (χ0) is 12.9. The van der Waals surface area contributed by atoms with Gasteiger partial charge < -0.3 is 5.32 Å². The smallest absolute Gasteiger partial charge is 0.0595 e. The Balaban J connectivity index is 2.51. The molecule has 0 atom stereocenters. The van der Waals surface area contributed by atoms with E-state index in [0.717, 1.165) is 19.4 Å². The first-order chi connectivity index (χ1) is 7.94. The van der Waals surface area contributed by atoms with Crippen LogP contribution in [0.4, 0.5) is 0 Å². The lowest BCUT2D eigenvalue weighted by Gasteiger charge is -2.24. The highest BCUT2D eigenvalue weighted by atomic mass is 35.5. The minimum Gasteiger partial charge on any atom is -0.320 e. The number of hydrogen-bond acceptors (Lipinski definition) is 1. The normalized spacial score (nSPS) is 11.8. The quantitative estimate of drug-likeness (QED) is 0.801. The van der Waals surface area contributed by atoms with Gasteiger partial charge in [-0.3, -0.25) is 0 Å². The fourth-order valence-corrected chi connectivity index (χ4v) is 2.09. The van der Waals surface area contributed by atoms with Gasteiger partial charge in [0.05, 0.1) is 10.0 Å². The summed E-state index contributed by atoms with van der Waals surface area (Å²) in [4.78, 5) is 0. The molecule has 0 aromatic heterocycles. The standard InChI is InChI=1S/C14H21Cl2N/c1-14(2,8-9-17-3)7-6-11-4-5-12(15)13(16)10-11/h4-5,10,17H,6-9H2,1-3H3. The summed E-state index contributed by atoms with van der Waals surface area (Å²) in [5, 5.41) is 4.48. The highest BCUT2D eigenvalue weighted by molar-refractivity contribution is 6.42. The summed E-state index contributed by atoms with van der Waals surface area (Å²) in [6.45, 7) is 5.68. The van der Waals surface area contributed by atoms with Gasteiger partial charge in [-0.05, 0) is 56.0 Å². The summed E-state index contributed by atoms with van der Waals surface area (Å²) in [5.74, 6) is 0. The second-order valence-corrected chi connectivity index (χ2v) is 6.08. The molecule has 17 heavy (non-hydrogen) atoms. The van der Waals surface area contributed by atoms with Crippen molar-refractivity contribution in [2.24, 2.45) is 5.41 Å². The highest BCUT2D eigenvalue weighted by Gasteiger charge is 2.16. The Labute approximate surface area is 115 Å². The summed E-state index contributed by atoms with van der Waals surface area (Å²) in [5.41, 5.74) is 1.62. The molecule has 1 aromatic carbocycles. The molecule has 0 radical (unpaired) electrons. The summed E-state index contributed by atoms with van der Waals surface area (Å²) in [7, 11) is 2.00. The molecule has 1 rings (SSSR count). The van der Waals surface area contributed by atoms with Crippen LogP contribution in [-0.4, -0.2) is 13.6 Å². The second-order valence-electron chi connectivity index (χ2n) is 5.27. The second kappa shape index (κ2) is 6.63. The van der Waals surface area contributed by atoms with Gasteiger partial charge >= 0.3 is 0 Å². The van der Waals surface area contributed by atoms with Crippen molar-refractivity contribution >= 4 is 23.2 Å². The number of hydrogen-bond donors (Lipinski definition) is 1. The number of aryl methyl sites for hydroxylation is 1. The molecule has 0 bridgehead atoms. The van der Waals surface area contributed by atoms with Crippen LogP contribution in [-0.2, 0) is 6.42 Å². The summed E-state index contributed by atoms with van der Waals surface area (Å²) >= 11 is 11.9. The molecule has 3 heteroatoms. The van der Waals surface area contributed by atoms with Crippen LogP contribution in [0, 0.1) is 5.41 Å². The van der Waals surface area contributed by atoms with Gasteiger partial charge in [-0.2, -0.15) is 0 Å². The molecule has 1 nitrogen and oxygen atoms in total. The van der Waals surface area contributed by atoms with E-state index in [4.69, 9.17) is 23.2 Å². The monoisotopic (exact) mass is 273 g/mol. The van der Waals surface area contributed by atoms with Gasteiger partial charge in [0, 0.05) is 0 Å². The molecule has 0 spiro atoms.